The summed E-state index contributed by atoms with van der Waals surface area (Å²) in [5.41, 5.74) is 6.23. The number of ether oxygens (including phenoxy) is 1. The van der Waals surface area contributed by atoms with Crippen molar-refractivity contribution in [3.05, 3.63) is 0 Å². The maximum absolute atomic E-state index is 11.7. The quantitative estimate of drug-likeness (QED) is 0.861. The summed E-state index contributed by atoms with van der Waals surface area (Å²) >= 11 is 0. The molecule has 0 radical (unpaired) electrons. The minimum absolute atomic E-state index is 0.00396. The lowest BCUT2D eigenvalue weighted by atomic mass is 9.74. The summed E-state index contributed by atoms with van der Waals surface area (Å²) in [4.78, 5) is 0. The summed E-state index contributed by atoms with van der Waals surface area (Å²) in [7, 11) is -3.06. The molecule has 1 heterocycles. The zero-order valence-corrected chi connectivity index (χ0v) is 12.9. The summed E-state index contributed by atoms with van der Waals surface area (Å²) in [6.45, 7) is 2.47. The Bertz CT molecular complexity index is 395. The largest absolute Gasteiger partial charge is 0.375 e. The number of rotatable bonds is 3. The van der Waals surface area contributed by atoms with Crippen LogP contribution < -0.4 is 5.73 Å². The Morgan fingerprint density at radius 2 is 1.89 bits per heavy atom. The van der Waals surface area contributed by atoms with E-state index in [2.05, 4.69) is 0 Å². The number of hydrogen-bond acceptors (Lipinski definition) is 4. The highest BCUT2D eigenvalue weighted by molar-refractivity contribution is 7.91. The molecule has 112 valence electrons. The topological polar surface area (TPSA) is 69.4 Å². The molecule has 0 aromatic carbocycles. The van der Waals surface area contributed by atoms with Gasteiger partial charge in [-0.3, -0.25) is 0 Å². The molecule has 1 spiro atoms. The van der Waals surface area contributed by atoms with Crippen molar-refractivity contribution in [3.8, 4) is 0 Å². The molecule has 2 N–H and O–H groups in total. The van der Waals surface area contributed by atoms with Gasteiger partial charge in [0.15, 0.2) is 9.84 Å². The molecule has 0 aromatic heterocycles. The van der Waals surface area contributed by atoms with Gasteiger partial charge in [-0.25, -0.2) is 8.42 Å². The Morgan fingerprint density at radius 3 is 2.47 bits per heavy atom. The number of hydrogen-bond donors (Lipinski definition) is 1. The van der Waals surface area contributed by atoms with Crippen molar-refractivity contribution in [1.82, 2.24) is 0 Å². The van der Waals surface area contributed by atoms with Crippen LogP contribution in [0.3, 0.4) is 0 Å². The molecule has 1 saturated heterocycles. The van der Waals surface area contributed by atoms with Crippen molar-refractivity contribution in [3.63, 3.8) is 0 Å². The Balaban J connectivity index is 2.04. The van der Waals surface area contributed by atoms with Gasteiger partial charge in [-0.2, -0.15) is 0 Å². The molecule has 0 amide bonds. The van der Waals surface area contributed by atoms with E-state index in [0.717, 1.165) is 32.3 Å². The van der Waals surface area contributed by atoms with Crippen LogP contribution in [0, 0.1) is 5.92 Å². The van der Waals surface area contributed by atoms with Crippen molar-refractivity contribution in [2.75, 3.05) is 12.9 Å². The van der Waals surface area contributed by atoms with E-state index in [0.29, 0.717) is 0 Å². The Kier molecular flexibility index (Phi) is 4.58. The van der Waals surface area contributed by atoms with Crippen molar-refractivity contribution in [2.24, 2.45) is 11.7 Å². The van der Waals surface area contributed by atoms with Crippen LogP contribution in [0.1, 0.15) is 51.9 Å². The lowest BCUT2D eigenvalue weighted by molar-refractivity contribution is -0.120. The van der Waals surface area contributed by atoms with Gasteiger partial charge in [0, 0.05) is 18.9 Å². The van der Waals surface area contributed by atoms with E-state index in [1.165, 1.54) is 25.5 Å². The van der Waals surface area contributed by atoms with Gasteiger partial charge in [0.25, 0.3) is 0 Å². The Labute approximate surface area is 117 Å². The maximum Gasteiger partial charge on any atom is 0.151 e. The lowest BCUT2D eigenvalue weighted by Crippen LogP contribution is -2.51. The fourth-order valence-electron chi connectivity index (χ4n) is 3.61. The third-order valence-corrected chi connectivity index (χ3v) is 6.72. The predicted molar refractivity (Wildman–Crippen MR) is 76.8 cm³/mol. The molecule has 0 bridgehead atoms. The molecule has 1 saturated carbocycles. The van der Waals surface area contributed by atoms with Crippen molar-refractivity contribution in [2.45, 2.75) is 68.8 Å². The fraction of sp³-hybridized carbons (Fsp3) is 1.00. The minimum Gasteiger partial charge on any atom is -0.375 e. The minimum atomic E-state index is -3.06. The molecule has 4 nitrogen and oxygen atoms in total. The van der Waals surface area contributed by atoms with Gasteiger partial charge in [-0.05, 0) is 38.5 Å². The summed E-state index contributed by atoms with van der Waals surface area (Å²) < 4.78 is 29.4. The molecule has 0 aromatic rings. The Morgan fingerprint density at radius 1 is 1.26 bits per heavy atom. The van der Waals surface area contributed by atoms with Crippen LogP contribution in [0.2, 0.25) is 0 Å². The molecule has 2 aliphatic rings. The number of nitrogens with two attached hydrogens (primary N) is 1. The first-order valence-electron chi connectivity index (χ1n) is 7.42. The van der Waals surface area contributed by atoms with E-state index in [4.69, 9.17) is 10.5 Å². The molecular weight excluding hydrogens is 262 g/mol. The predicted octanol–water partition coefficient (Wildman–Crippen LogP) is 1.88. The average molecular weight is 289 g/mol. The summed E-state index contributed by atoms with van der Waals surface area (Å²) in [6, 6.07) is -0.266. The van der Waals surface area contributed by atoms with Crippen molar-refractivity contribution in [1.29, 1.82) is 0 Å². The second kappa shape index (κ2) is 5.70. The van der Waals surface area contributed by atoms with Crippen LogP contribution in [0.25, 0.3) is 0 Å². The van der Waals surface area contributed by atoms with E-state index in [1.807, 2.05) is 0 Å². The van der Waals surface area contributed by atoms with Gasteiger partial charge in [-0.15, -0.1) is 0 Å². The molecule has 2 rings (SSSR count). The molecule has 2 fully saturated rings. The number of sulfone groups is 1. The highest BCUT2D eigenvalue weighted by Gasteiger charge is 2.42. The van der Waals surface area contributed by atoms with Gasteiger partial charge in [-0.1, -0.05) is 19.3 Å². The van der Waals surface area contributed by atoms with E-state index >= 15 is 0 Å². The third-order valence-electron chi connectivity index (χ3n) is 5.06. The molecule has 1 aliphatic heterocycles. The third kappa shape index (κ3) is 3.50. The summed E-state index contributed by atoms with van der Waals surface area (Å²) in [5.74, 6) is 0.275. The average Bonchev–Trinajstić information content (AvgIpc) is 2.37. The van der Waals surface area contributed by atoms with E-state index in [9.17, 15) is 8.42 Å². The monoisotopic (exact) mass is 289 g/mol. The van der Waals surface area contributed by atoms with E-state index in [-0.39, 0.29) is 17.6 Å². The van der Waals surface area contributed by atoms with Gasteiger partial charge in [0.05, 0.1) is 10.9 Å². The van der Waals surface area contributed by atoms with Crippen LogP contribution in [0.5, 0.6) is 0 Å². The van der Waals surface area contributed by atoms with Gasteiger partial charge in [0.2, 0.25) is 0 Å². The van der Waals surface area contributed by atoms with Crippen molar-refractivity contribution < 1.29 is 13.2 Å². The SMILES string of the molecule is CC(C(N)C1CCOC2(CCCCC2)C1)S(C)(=O)=O. The van der Waals surface area contributed by atoms with Gasteiger partial charge >= 0.3 is 0 Å². The molecule has 5 heteroatoms. The highest BCUT2D eigenvalue weighted by atomic mass is 32.2. The first-order valence-corrected chi connectivity index (χ1v) is 9.38. The molecule has 3 unspecified atom stereocenters. The van der Waals surface area contributed by atoms with E-state index < -0.39 is 15.1 Å². The second-order valence-electron chi connectivity index (χ2n) is 6.46. The molecule has 19 heavy (non-hydrogen) atoms. The molecule has 1 aliphatic carbocycles. The van der Waals surface area contributed by atoms with Gasteiger partial charge in [0.1, 0.15) is 0 Å². The van der Waals surface area contributed by atoms with Crippen molar-refractivity contribution >= 4 is 9.84 Å². The summed E-state index contributed by atoms with van der Waals surface area (Å²) in [5, 5.41) is -0.462. The second-order valence-corrected chi connectivity index (χ2v) is 8.86. The Hall–Kier alpha value is -0.130. The summed E-state index contributed by atoms with van der Waals surface area (Å²) in [6.07, 6.45) is 9.09. The van der Waals surface area contributed by atoms with Crippen LogP contribution in [0.15, 0.2) is 0 Å². The highest BCUT2D eigenvalue weighted by Crippen LogP contribution is 2.41. The van der Waals surface area contributed by atoms with Gasteiger partial charge < -0.3 is 10.5 Å². The molecule has 3 atom stereocenters. The van der Waals surface area contributed by atoms with Crippen LogP contribution >= 0.6 is 0 Å². The standard InChI is InChI=1S/C14H27NO3S/c1-11(19(2,16)17)13(15)12-6-9-18-14(10-12)7-4-3-5-8-14/h11-13H,3-10,15H2,1-2H3. The lowest BCUT2D eigenvalue weighted by Gasteiger charge is -2.45. The smallest absolute Gasteiger partial charge is 0.151 e. The molecular formula is C14H27NO3S. The first-order chi connectivity index (χ1) is 8.84. The fourth-order valence-corrected chi connectivity index (χ4v) is 4.40. The van der Waals surface area contributed by atoms with Crippen LogP contribution in [-0.2, 0) is 14.6 Å². The zero-order chi connectivity index (χ0) is 14.1. The first kappa shape index (κ1) is 15.3. The zero-order valence-electron chi connectivity index (χ0n) is 12.1. The van der Waals surface area contributed by atoms with Crippen LogP contribution in [-0.4, -0.2) is 38.2 Å². The van der Waals surface area contributed by atoms with E-state index in [1.54, 1.807) is 6.92 Å². The maximum atomic E-state index is 11.7. The van der Waals surface area contributed by atoms with Crippen LogP contribution in [0.4, 0.5) is 0 Å². The normalized spacial score (nSPS) is 31.0.